The zero-order chi connectivity index (χ0) is 18.3. The van der Waals surface area contributed by atoms with Crippen molar-refractivity contribution in [2.45, 2.75) is 58.8 Å². The third-order valence-electron chi connectivity index (χ3n) is 3.95. The Bertz CT molecular complexity index is 564. The topological polar surface area (TPSA) is 26.3 Å². The van der Waals surface area contributed by atoms with E-state index in [9.17, 15) is 4.79 Å². The smallest absolute Gasteiger partial charge is 0.133 e. The van der Waals surface area contributed by atoms with E-state index in [1.54, 1.807) is 13.0 Å². The first-order valence-corrected chi connectivity index (χ1v) is 9.39. The Morgan fingerprint density at radius 2 is 1.76 bits per heavy atom. The second-order valence-corrected chi connectivity index (χ2v) is 6.31. The average Bonchev–Trinajstić information content (AvgIpc) is 2.60. The van der Waals surface area contributed by atoms with Gasteiger partial charge >= 0.3 is 0 Å². The van der Waals surface area contributed by atoms with Crippen LogP contribution in [-0.2, 0) is 4.79 Å². The van der Waals surface area contributed by atoms with Crippen molar-refractivity contribution in [2.75, 3.05) is 6.61 Å². The molecule has 0 radical (unpaired) electrons. The van der Waals surface area contributed by atoms with Gasteiger partial charge in [0.15, 0.2) is 0 Å². The predicted octanol–water partition coefficient (Wildman–Crippen LogP) is 6.53. The lowest BCUT2D eigenvalue weighted by atomic mass is 10.0. The van der Waals surface area contributed by atoms with Gasteiger partial charge in [-0.1, -0.05) is 82.0 Å². The third-order valence-corrected chi connectivity index (χ3v) is 3.95. The van der Waals surface area contributed by atoms with E-state index in [1.807, 2.05) is 42.5 Å². The van der Waals surface area contributed by atoms with E-state index < -0.39 is 0 Å². The molecule has 0 fully saturated rings. The van der Waals surface area contributed by atoms with Gasteiger partial charge in [0.25, 0.3) is 0 Å². The van der Waals surface area contributed by atoms with Crippen LogP contribution in [0.25, 0.3) is 5.57 Å². The zero-order valence-corrected chi connectivity index (χ0v) is 15.8. The van der Waals surface area contributed by atoms with Crippen LogP contribution in [0.2, 0.25) is 0 Å². The van der Waals surface area contributed by atoms with Crippen LogP contribution in [0.5, 0.6) is 5.75 Å². The van der Waals surface area contributed by atoms with Gasteiger partial charge in [-0.25, -0.2) is 0 Å². The molecule has 2 heteroatoms. The Kier molecular flexibility index (Phi) is 11.1. The average molecular weight is 341 g/mol. The summed E-state index contributed by atoms with van der Waals surface area (Å²) in [7, 11) is 0. The number of Topliss-reactive ketones (excluding diaryl/α,β-unsaturated/α-hetero) is 1. The van der Waals surface area contributed by atoms with E-state index in [0.717, 1.165) is 29.9 Å². The minimum absolute atomic E-state index is 0.160. The molecule has 0 aliphatic heterocycles. The summed E-state index contributed by atoms with van der Waals surface area (Å²) in [6, 6.07) is 8.10. The van der Waals surface area contributed by atoms with Crippen molar-refractivity contribution in [3.8, 4) is 5.75 Å². The molecule has 0 saturated carbocycles. The summed E-state index contributed by atoms with van der Waals surface area (Å²) in [5.41, 5.74) is 2.13. The third kappa shape index (κ3) is 9.71. The highest BCUT2D eigenvalue weighted by atomic mass is 16.5. The number of ether oxygens (including phenoxy) is 1. The molecule has 0 spiro atoms. The molecule has 2 nitrogen and oxygen atoms in total. The highest BCUT2D eigenvalue weighted by Crippen LogP contribution is 2.20. The molecular formula is C23H32O2. The number of rotatable bonds is 13. The summed E-state index contributed by atoms with van der Waals surface area (Å²) in [5, 5.41) is 0. The number of carbonyl (C=O) groups is 1. The quantitative estimate of drug-likeness (QED) is 0.301. The highest BCUT2D eigenvalue weighted by Gasteiger charge is 2.00. The number of benzene rings is 1. The Morgan fingerprint density at radius 3 is 2.40 bits per heavy atom. The number of hydrogen-bond acceptors (Lipinski definition) is 2. The van der Waals surface area contributed by atoms with E-state index in [-0.39, 0.29) is 5.78 Å². The molecule has 1 aromatic rings. The van der Waals surface area contributed by atoms with E-state index in [1.165, 1.54) is 32.1 Å². The maximum absolute atomic E-state index is 11.1. The van der Waals surface area contributed by atoms with E-state index in [0.29, 0.717) is 6.42 Å². The number of unbranched alkanes of at least 4 members (excludes halogenated alkanes) is 5. The van der Waals surface area contributed by atoms with E-state index >= 15 is 0 Å². The molecule has 0 amide bonds. The fourth-order valence-electron chi connectivity index (χ4n) is 2.54. The van der Waals surface area contributed by atoms with Crippen LogP contribution in [0, 0.1) is 0 Å². The van der Waals surface area contributed by atoms with Gasteiger partial charge in [-0.3, -0.25) is 4.79 Å². The minimum Gasteiger partial charge on any atom is -0.494 e. The number of carbonyl (C=O) groups excluding carboxylic acids is 1. The maximum atomic E-state index is 11.1. The van der Waals surface area contributed by atoms with Crippen molar-refractivity contribution in [2.24, 2.45) is 0 Å². The van der Waals surface area contributed by atoms with Crippen LogP contribution in [0.3, 0.4) is 0 Å². The molecular weight excluding hydrogens is 308 g/mol. The first kappa shape index (κ1) is 21.0. The molecule has 25 heavy (non-hydrogen) atoms. The molecule has 136 valence electrons. The largest absolute Gasteiger partial charge is 0.494 e. The van der Waals surface area contributed by atoms with Crippen molar-refractivity contribution in [3.63, 3.8) is 0 Å². The van der Waals surface area contributed by atoms with Gasteiger partial charge < -0.3 is 4.74 Å². The molecule has 0 unspecified atom stereocenters. The summed E-state index contributed by atoms with van der Waals surface area (Å²) in [4.78, 5) is 11.1. The predicted molar refractivity (Wildman–Crippen MR) is 108 cm³/mol. The van der Waals surface area contributed by atoms with Crippen LogP contribution in [0.1, 0.15) is 64.4 Å². The Morgan fingerprint density at radius 1 is 1.08 bits per heavy atom. The van der Waals surface area contributed by atoms with Gasteiger partial charge in [0.05, 0.1) is 6.61 Å². The minimum atomic E-state index is 0.160. The monoisotopic (exact) mass is 340 g/mol. The Hall–Kier alpha value is -2.09. The second-order valence-electron chi connectivity index (χ2n) is 6.31. The van der Waals surface area contributed by atoms with Crippen LogP contribution >= 0.6 is 0 Å². The van der Waals surface area contributed by atoms with Crippen molar-refractivity contribution in [3.05, 3.63) is 60.7 Å². The van der Waals surface area contributed by atoms with Gasteiger partial charge in [-0.05, 0) is 36.6 Å². The van der Waals surface area contributed by atoms with E-state index in [2.05, 4.69) is 13.5 Å². The number of allylic oxidation sites excluding steroid dienone is 5. The summed E-state index contributed by atoms with van der Waals surface area (Å²) < 4.78 is 5.82. The molecule has 1 aromatic carbocycles. The summed E-state index contributed by atoms with van der Waals surface area (Å²) in [5.74, 6) is 1.07. The number of hydrogen-bond donors (Lipinski definition) is 0. The summed E-state index contributed by atoms with van der Waals surface area (Å²) in [6.45, 7) is 8.37. The number of ketones is 1. The maximum Gasteiger partial charge on any atom is 0.133 e. The highest BCUT2D eigenvalue weighted by molar-refractivity contribution is 5.79. The first-order valence-electron chi connectivity index (χ1n) is 9.39. The molecule has 0 saturated heterocycles. The molecule has 0 bridgehead atoms. The van der Waals surface area contributed by atoms with Crippen LogP contribution in [-0.4, -0.2) is 12.4 Å². The first-order chi connectivity index (χ1) is 12.2. The molecule has 0 aromatic heterocycles. The lowest BCUT2D eigenvalue weighted by Crippen LogP contribution is -1.97. The normalized spacial score (nSPS) is 11.7. The summed E-state index contributed by atoms with van der Waals surface area (Å²) in [6.07, 6.45) is 15.6. The van der Waals surface area contributed by atoms with Crippen molar-refractivity contribution < 1.29 is 9.53 Å². The van der Waals surface area contributed by atoms with Gasteiger partial charge in [0, 0.05) is 6.42 Å². The Labute approximate surface area is 153 Å². The molecule has 0 aliphatic rings. The van der Waals surface area contributed by atoms with Gasteiger partial charge in [-0.15, -0.1) is 0 Å². The van der Waals surface area contributed by atoms with Crippen LogP contribution < -0.4 is 4.74 Å². The van der Waals surface area contributed by atoms with Crippen molar-refractivity contribution in [1.29, 1.82) is 0 Å². The Balaban J connectivity index is 2.47. The lowest BCUT2D eigenvalue weighted by molar-refractivity contribution is -0.116. The fraction of sp³-hybridized carbons (Fsp3) is 0.435. The van der Waals surface area contributed by atoms with Gasteiger partial charge in [-0.2, -0.15) is 0 Å². The second kappa shape index (κ2) is 13.2. The standard InChI is InChI=1S/C23H32O2/c1-4-6-7-8-9-10-19-25-23-17-15-22(16-18-23)21(12-5-2)14-11-13-20(3)24/h5,11-12,14-18H,2,4,6-10,13,19H2,1,3H3/b14-11-,21-12+. The van der Waals surface area contributed by atoms with Crippen LogP contribution in [0.15, 0.2) is 55.1 Å². The molecule has 0 N–H and O–H groups in total. The molecule has 1 rings (SSSR count). The SMILES string of the molecule is C=C/C=C(\C=C/CC(C)=O)c1ccc(OCCCCCCCC)cc1. The van der Waals surface area contributed by atoms with E-state index in [4.69, 9.17) is 4.74 Å². The van der Waals surface area contributed by atoms with Gasteiger partial charge in [0.2, 0.25) is 0 Å². The molecule has 0 atom stereocenters. The lowest BCUT2D eigenvalue weighted by Gasteiger charge is -2.08. The summed E-state index contributed by atoms with van der Waals surface area (Å²) >= 11 is 0. The zero-order valence-electron chi connectivity index (χ0n) is 15.8. The molecule has 0 aliphatic carbocycles. The van der Waals surface area contributed by atoms with Gasteiger partial charge in [0.1, 0.15) is 11.5 Å². The van der Waals surface area contributed by atoms with Crippen molar-refractivity contribution in [1.82, 2.24) is 0 Å². The molecule has 0 heterocycles. The fourth-order valence-corrected chi connectivity index (χ4v) is 2.54. The van der Waals surface area contributed by atoms with Crippen LogP contribution in [0.4, 0.5) is 0 Å². The van der Waals surface area contributed by atoms with Crippen molar-refractivity contribution >= 4 is 11.4 Å².